The fourth-order valence-corrected chi connectivity index (χ4v) is 4.65. The van der Waals surface area contributed by atoms with Crippen LogP contribution in [0.2, 0.25) is 0 Å². The molecule has 0 spiro atoms. The molecule has 194 valence electrons. The molecular weight excluding hydrogens is 501 g/mol. The summed E-state index contributed by atoms with van der Waals surface area (Å²) < 4.78 is 62.5. The van der Waals surface area contributed by atoms with Crippen LogP contribution in [-0.2, 0) is 26.1 Å². The van der Waals surface area contributed by atoms with Crippen molar-refractivity contribution < 1.29 is 36.4 Å². The number of carbonyl (C=O) groups excluding carboxylic acids is 2. The zero-order valence-corrected chi connectivity index (χ0v) is 20.9. The van der Waals surface area contributed by atoms with Crippen LogP contribution in [0.3, 0.4) is 0 Å². The number of imidazole rings is 1. The van der Waals surface area contributed by atoms with Gasteiger partial charge in [-0.3, -0.25) is 14.0 Å². The third-order valence-electron chi connectivity index (χ3n) is 5.18. The molecule has 0 saturated heterocycles. The Bertz CT molecular complexity index is 1310. The summed E-state index contributed by atoms with van der Waals surface area (Å²) in [5.41, 5.74) is 1.84. The van der Waals surface area contributed by atoms with Gasteiger partial charge in [-0.05, 0) is 26.0 Å². The Kier molecular flexibility index (Phi) is 8.33. The van der Waals surface area contributed by atoms with Gasteiger partial charge in [-0.2, -0.15) is 13.2 Å². The average Bonchev–Trinajstić information content (AvgIpc) is 3.19. The number of para-hydroxylation sites is 2. The number of benzene rings is 1. The monoisotopic (exact) mass is 526 g/mol. The van der Waals surface area contributed by atoms with E-state index in [0.717, 1.165) is 0 Å². The van der Waals surface area contributed by atoms with Crippen LogP contribution in [0.5, 0.6) is 5.75 Å². The molecule has 1 aromatic carbocycles. The molecule has 2 aromatic heterocycles. The Morgan fingerprint density at radius 3 is 2.56 bits per heavy atom. The standard InChI is InChI=1S/C23H25F3N4O5S/c1-14-11-27-18(15(2)20(14)35-13-23(24,25)26)12-36(33)21-28-17-7-5-6-8-19(17)30(21)22(32)29(4)9-10-34-16(3)31/h5-8,11H,9-10,12-13H2,1-4H3. The van der Waals surface area contributed by atoms with Crippen LogP contribution in [0.15, 0.2) is 35.6 Å². The zero-order valence-electron chi connectivity index (χ0n) is 20.1. The van der Waals surface area contributed by atoms with E-state index < -0.39 is 35.6 Å². The Hall–Kier alpha value is -3.48. The first-order valence-electron chi connectivity index (χ1n) is 10.8. The number of amides is 1. The fourth-order valence-electron chi connectivity index (χ4n) is 3.40. The van der Waals surface area contributed by atoms with Crippen molar-refractivity contribution in [1.29, 1.82) is 0 Å². The Balaban J connectivity index is 1.92. The number of esters is 1. The number of ether oxygens (including phenoxy) is 2. The molecule has 3 aromatic rings. The quantitative estimate of drug-likeness (QED) is 0.412. The molecule has 0 aliphatic rings. The van der Waals surface area contributed by atoms with Gasteiger partial charge >= 0.3 is 18.2 Å². The van der Waals surface area contributed by atoms with E-state index >= 15 is 0 Å². The normalized spacial score (nSPS) is 12.4. The van der Waals surface area contributed by atoms with Crippen molar-refractivity contribution in [2.24, 2.45) is 0 Å². The third kappa shape index (κ3) is 6.39. The molecule has 1 atom stereocenters. The lowest BCUT2D eigenvalue weighted by molar-refractivity contribution is -0.153. The summed E-state index contributed by atoms with van der Waals surface area (Å²) in [6, 6.07) is 6.20. The summed E-state index contributed by atoms with van der Waals surface area (Å²) in [5.74, 6) is -0.670. The van der Waals surface area contributed by atoms with E-state index in [4.69, 9.17) is 9.47 Å². The lowest BCUT2D eigenvalue weighted by atomic mass is 10.1. The highest BCUT2D eigenvalue weighted by Crippen LogP contribution is 2.29. The summed E-state index contributed by atoms with van der Waals surface area (Å²) >= 11 is 0. The van der Waals surface area contributed by atoms with Gasteiger partial charge in [0.25, 0.3) is 0 Å². The predicted molar refractivity (Wildman–Crippen MR) is 125 cm³/mol. The maximum Gasteiger partial charge on any atom is 0.422 e. The molecule has 0 aliphatic heterocycles. The second kappa shape index (κ2) is 11.1. The summed E-state index contributed by atoms with van der Waals surface area (Å²) in [5, 5.41) is -0.0416. The van der Waals surface area contributed by atoms with Gasteiger partial charge in [0, 0.05) is 31.3 Å². The van der Waals surface area contributed by atoms with Gasteiger partial charge in [0.1, 0.15) is 12.4 Å². The molecule has 2 heterocycles. The summed E-state index contributed by atoms with van der Waals surface area (Å²) in [4.78, 5) is 34.2. The summed E-state index contributed by atoms with van der Waals surface area (Å²) in [6.45, 7) is 2.97. The molecule has 13 heteroatoms. The maximum atomic E-state index is 13.4. The summed E-state index contributed by atoms with van der Waals surface area (Å²) in [6.07, 6.45) is -3.17. The molecule has 3 rings (SSSR count). The van der Waals surface area contributed by atoms with E-state index in [-0.39, 0.29) is 35.5 Å². The van der Waals surface area contributed by atoms with Crippen molar-refractivity contribution in [3.8, 4) is 5.75 Å². The van der Waals surface area contributed by atoms with Crippen molar-refractivity contribution in [3.63, 3.8) is 0 Å². The van der Waals surface area contributed by atoms with Gasteiger partial charge in [-0.15, -0.1) is 0 Å². The van der Waals surface area contributed by atoms with E-state index in [2.05, 4.69) is 9.97 Å². The Morgan fingerprint density at radius 2 is 1.89 bits per heavy atom. The highest BCUT2D eigenvalue weighted by molar-refractivity contribution is 7.84. The molecule has 9 nitrogen and oxygen atoms in total. The SMILES string of the molecule is CC(=O)OCCN(C)C(=O)n1c(S(=O)Cc2ncc(C)c(OCC(F)(F)F)c2C)nc2ccccc21. The number of rotatable bonds is 8. The lowest BCUT2D eigenvalue weighted by Crippen LogP contribution is -2.35. The third-order valence-corrected chi connectivity index (χ3v) is 6.39. The van der Waals surface area contributed by atoms with Crippen molar-refractivity contribution in [3.05, 3.63) is 47.3 Å². The molecule has 36 heavy (non-hydrogen) atoms. The van der Waals surface area contributed by atoms with Crippen LogP contribution in [0.25, 0.3) is 11.0 Å². The van der Waals surface area contributed by atoms with Gasteiger partial charge in [0.05, 0.1) is 39.8 Å². The number of aryl methyl sites for hydroxylation is 1. The molecule has 0 N–H and O–H groups in total. The van der Waals surface area contributed by atoms with Crippen molar-refractivity contribution >= 4 is 33.8 Å². The van der Waals surface area contributed by atoms with Crippen LogP contribution in [-0.4, -0.2) is 68.6 Å². The minimum atomic E-state index is -4.52. The van der Waals surface area contributed by atoms with E-state index in [1.54, 1.807) is 31.2 Å². The molecule has 0 bridgehead atoms. The molecule has 0 saturated carbocycles. The van der Waals surface area contributed by atoms with Crippen LogP contribution < -0.4 is 4.74 Å². The molecular formula is C23H25F3N4O5S. The van der Waals surface area contributed by atoms with Gasteiger partial charge in [0.15, 0.2) is 6.61 Å². The van der Waals surface area contributed by atoms with Crippen molar-refractivity contribution in [2.75, 3.05) is 26.8 Å². The van der Waals surface area contributed by atoms with Gasteiger partial charge in [0.2, 0.25) is 5.16 Å². The van der Waals surface area contributed by atoms with Crippen molar-refractivity contribution in [1.82, 2.24) is 19.4 Å². The first-order valence-corrected chi connectivity index (χ1v) is 12.1. The molecule has 1 amide bonds. The van der Waals surface area contributed by atoms with Gasteiger partial charge in [-0.1, -0.05) is 12.1 Å². The molecule has 0 fully saturated rings. The molecule has 0 radical (unpaired) electrons. The van der Waals surface area contributed by atoms with Gasteiger partial charge < -0.3 is 14.4 Å². The fraction of sp³-hybridized carbons (Fsp3) is 0.391. The van der Waals surface area contributed by atoms with Gasteiger partial charge in [-0.25, -0.2) is 14.3 Å². The average molecular weight is 527 g/mol. The second-order valence-corrected chi connectivity index (χ2v) is 9.34. The topological polar surface area (TPSA) is 104 Å². The van der Waals surface area contributed by atoms with Crippen LogP contribution >= 0.6 is 0 Å². The number of hydrogen-bond acceptors (Lipinski definition) is 7. The van der Waals surface area contributed by atoms with Crippen molar-refractivity contribution in [2.45, 2.75) is 37.9 Å². The number of pyridine rings is 1. The van der Waals surface area contributed by atoms with Crippen LogP contribution in [0.4, 0.5) is 18.0 Å². The second-order valence-electron chi connectivity index (χ2n) is 8.00. The van der Waals surface area contributed by atoms with Crippen LogP contribution in [0, 0.1) is 13.8 Å². The number of carbonyl (C=O) groups is 2. The Morgan fingerprint density at radius 1 is 1.19 bits per heavy atom. The number of hydrogen-bond donors (Lipinski definition) is 0. The number of aromatic nitrogens is 3. The summed E-state index contributed by atoms with van der Waals surface area (Å²) in [7, 11) is -0.393. The van der Waals surface area contributed by atoms with Crippen LogP contribution in [0.1, 0.15) is 23.7 Å². The molecule has 1 unspecified atom stereocenters. The number of fused-ring (bicyclic) bond motifs is 1. The number of nitrogens with zero attached hydrogens (tertiary/aromatic N) is 4. The minimum absolute atomic E-state index is 0.0177. The minimum Gasteiger partial charge on any atom is -0.483 e. The lowest BCUT2D eigenvalue weighted by Gasteiger charge is -2.19. The maximum absolute atomic E-state index is 13.4. The smallest absolute Gasteiger partial charge is 0.422 e. The largest absolute Gasteiger partial charge is 0.483 e. The van der Waals surface area contributed by atoms with E-state index in [1.165, 1.54) is 36.6 Å². The first kappa shape index (κ1) is 27.1. The Labute approximate surface area is 207 Å². The predicted octanol–water partition coefficient (Wildman–Crippen LogP) is 3.76. The van der Waals surface area contributed by atoms with E-state index in [0.29, 0.717) is 22.2 Å². The van der Waals surface area contributed by atoms with E-state index in [9.17, 15) is 27.0 Å². The highest BCUT2D eigenvalue weighted by Gasteiger charge is 2.30. The number of likely N-dealkylation sites (N-methyl/N-ethyl adjacent to an activating group) is 1. The highest BCUT2D eigenvalue weighted by atomic mass is 32.2. The number of alkyl halides is 3. The van der Waals surface area contributed by atoms with E-state index in [1.807, 2.05) is 0 Å². The first-order chi connectivity index (χ1) is 16.9. The molecule has 0 aliphatic carbocycles. The number of halogens is 3. The zero-order chi connectivity index (χ0) is 26.6.